The molecule has 1 aromatic heterocycles. The number of carbonyl (C=O) groups is 1. The molecule has 7 nitrogen and oxygen atoms in total. The van der Waals surface area contributed by atoms with Gasteiger partial charge in [0.1, 0.15) is 5.76 Å². The standard InChI is InChI=1S/C21H31N5O2/c1-17-13-19(22-28-17)15-25-9-11-26(12-10-25)16-21(27)24(4)14-18-5-7-20(8-6-18)23(2)3/h5-8,13H,9-12,14-16H2,1-4H3. The number of aromatic nitrogens is 1. The Morgan fingerprint density at radius 2 is 1.71 bits per heavy atom. The van der Waals surface area contributed by atoms with Gasteiger partial charge in [0.2, 0.25) is 5.91 Å². The van der Waals surface area contributed by atoms with E-state index in [9.17, 15) is 4.79 Å². The Labute approximate surface area is 167 Å². The highest BCUT2D eigenvalue weighted by Crippen LogP contribution is 2.14. The lowest BCUT2D eigenvalue weighted by Crippen LogP contribution is -2.49. The predicted octanol–water partition coefficient (Wildman–Crippen LogP) is 1.83. The first-order valence-electron chi connectivity index (χ1n) is 9.78. The minimum Gasteiger partial charge on any atom is -0.378 e. The lowest BCUT2D eigenvalue weighted by Gasteiger charge is -2.34. The fourth-order valence-corrected chi connectivity index (χ4v) is 3.40. The van der Waals surface area contributed by atoms with E-state index >= 15 is 0 Å². The molecule has 0 unspecified atom stereocenters. The molecule has 28 heavy (non-hydrogen) atoms. The molecule has 0 aliphatic carbocycles. The van der Waals surface area contributed by atoms with Gasteiger partial charge < -0.3 is 14.3 Å². The van der Waals surface area contributed by atoms with Crippen LogP contribution in [0, 0.1) is 6.92 Å². The van der Waals surface area contributed by atoms with E-state index in [-0.39, 0.29) is 5.91 Å². The molecule has 0 atom stereocenters. The van der Waals surface area contributed by atoms with Crippen LogP contribution in [0.3, 0.4) is 0 Å². The minimum absolute atomic E-state index is 0.164. The third-order valence-electron chi connectivity index (χ3n) is 5.18. The van der Waals surface area contributed by atoms with Crippen molar-refractivity contribution in [3.05, 3.63) is 47.3 Å². The summed E-state index contributed by atoms with van der Waals surface area (Å²) in [5.74, 6) is 1.01. The molecule has 1 aromatic carbocycles. The van der Waals surface area contributed by atoms with Crippen molar-refractivity contribution < 1.29 is 9.32 Å². The van der Waals surface area contributed by atoms with E-state index in [1.165, 1.54) is 0 Å². The van der Waals surface area contributed by atoms with Crippen molar-refractivity contribution >= 4 is 11.6 Å². The van der Waals surface area contributed by atoms with Crippen molar-refractivity contribution in [1.82, 2.24) is 19.9 Å². The van der Waals surface area contributed by atoms with Crippen molar-refractivity contribution in [2.45, 2.75) is 20.0 Å². The van der Waals surface area contributed by atoms with Crippen LogP contribution < -0.4 is 4.90 Å². The third-order valence-corrected chi connectivity index (χ3v) is 5.18. The first-order chi connectivity index (χ1) is 13.4. The molecule has 1 fully saturated rings. The van der Waals surface area contributed by atoms with Gasteiger partial charge in [-0.15, -0.1) is 0 Å². The second-order valence-electron chi connectivity index (χ2n) is 7.79. The maximum Gasteiger partial charge on any atom is 0.236 e. The average Bonchev–Trinajstić information content (AvgIpc) is 3.08. The zero-order valence-corrected chi connectivity index (χ0v) is 17.4. The quantitative estimate of drug-likeness (QED) is 0.725. The molecule has 0 bridgehead atoms. The van der Waals surface area contributed by atoms with Gasteiger partial charge >= 0.3 is 0 Å². The van der Waals surface area contributed by atoms with Crippen LogP contribution in [-0.2, 0) is 17.9 Å². The van der Waals surface area contributed by atoms with Gasteiger partial charge in [0, 0.05) is 72.2 Å². The number of likely N-dealkylation sites (N-methyl/N-ethyl adjacent to an activating group) is 1. The van der Waals surface area contributed by atoms with Gasteiger partial charge in [-0.05, 0) is 24.6 Å². The number of carbonyl (C=O) groups excluding carboxylic acids is 1. The van der Waals surface area contributed by atoms with E-state index in [4.69, 9.17) is 4.52 Å². The molecule has 152 valence electrons. The second kappa shape index (κ2) is 9.21. The number of amides is 1. The predicted molar refractivity (Wildman–Crippen MR) is 110 cm³/mol. The lowest BCUT2D eigenvalue weighted by atomic mass is 10.2. The van der Waals surface area contributed by atoms with Crippen LogP contribution in [0.4, 0.5) is 5.69 Å². The molecule has 1 aliphatic heterocycles. The summed E-state index contributed by atoms with van der Waals surface area (Å²) in [5.41, 5.74) is 3.28. The molecule has 7 heteroatoms. The summed E-state index contributed by atoms with van der Waals surface area (Å²) in [4.78, 5) is 21.1. The van der Waals surface area contributed by atoms with Crippen molar-refractivity contribution in [1.29, 1.82) is 0 Å². The lowest BCUT2D eigenvalue weighted by molar-refractivity contribution is -0.132. The molecule has 1 aliphatic rings. The minimum atomic E-state index is 0.164. The number of hydrogen-bond donors (Lipinski definition) is 0. The van der Waals surface area contributed by atoms with E-state index in [0.29, 0.717) is 13.1 Å². The zero-order valence-electron chi connectivity index (χ0n) is 17.4. The van der Waals surface area contributed by atoms with Gasteiger partial charge in [-0.25, -0.2) is 0 Å². The van der Waals surface area contributed by atoms with E-state index < -0.39 is 0 Å². The fourth-order valence-electron chi connectivity index (χ4n) is 3.40. The Balaban J connectivity index is 1.42. The highest BCUT2D eigenvalue weighted by atomic mass is 16.5. The Hall–Kier alpha value is -2.38. The number of benzene rings is 1. The van der Waals surface area contributed by atoms with E-state index in [1.807, 2.05) is 39.0 Å². The third kappa shape index (κ3) is 5.56. The summed E-state index contributed by atoms with van der Waals surface area (Å²) in [5, 5.41) is 4.06. The number of anilines is 1. The fraction of sp³-hybridized carbons (Fsp3) is 0.524. The molecule has 2 heterocycles. The van der Waals surface area contributed by atoms with Crippen LogP contribution in [0.15, 0.2) is 34.9 Å². The number of hydrogen-bond acceptors (Lipinski definition) is 6. The van der Waals surface area contributed by atoms with Crippen molar-refractivity contribution in [2.24, 2.45) is 0 Å². The molecule has 1 amide bonds. The topological polar surface area (TPSA) is 56.1 Å². The van der Waals surface area contributed by atoms with Crippen LogP contribution >= 0.6 is 0 Å². The second-order valence-corrected chi connectivity index (χ2v) is 7.79. The SMILES string of the molecule is Cc1cc(CN2CCN(CC(=O)N(C)Cc3ccc(N(C)C)cc3)CC2)no1. The summed E-state index contributed by atoms with van der Waals surface area (Å²) in [6, 6.07) is 10.3. The van der Waals surface area contributed by atoms with Crippen LogP contribution in [0.1, 0.15) is 17.0 Å². The van der Waals surface area contributed by atoms with Crippen molar-refractivity contribution in [3.8, 4) is 0 Å². The number of rotatable bonds is 7. The smallest absolute Gasteiger partial charge is 0.236 e. The van der Waals surface area contributed by atoms with Gasteiger partial charge in [0.25, 0.3) is 0 Å². The molecular formula is C21H31N5O2. The maximum atomic E-state index is 12.6. The molecule has 2 aromatic rings. The zero-order chi connectivity index (χ0) is 20.1. The van der Waals surface area contributed by atoms with Crippen molar-refractivity contribution in [3.63, 3.8) is 0 Å². The molecule has 0 N–H and O–H groups in total. The number of piperazine rings is 1. The van der Waals surface area contributed by atoms with Gasteiger partial charge in [-0.3, -0.25) is 14.6 Å². The van der Waals surface area contributed by atoms with Crippen LogP contribution in [0.2, 0.25) is 0 Å². The Morgan fingerprint density at radius 1 is 1.07 bits per heavy atom. The van der Waals surface area contributed by atoms with Crippen LogP contribution in [0.25, 0.3) is 0 Å². The molecular weight excluding hydrogens is 354 g/mol. The molecule has 0 spiro atoms. The van der Waals surface area contributed by atoms with Gasteiger partial charge in [0.05, 0.1) is 12.2 Å². The van der Waals surface area contributed by atoms with Crippen LogP contribution in [0.5, 0.6) is 0 Å². The van der Waals surface area contributed by atoms with E-state index in [0.717, 1.165) is 55.4 Å². The molecule has 3 rings (SSSR count). The average molecular weight is 386 g/mol. The number of nitrogens with zero attached hydrogens (tertiary/aromatic N) is 5. The molecule has 1 saturated heterocycles. The van der Waals surface area contributed by atoms with Gasteiger partial charge in [-0.1, -0.05) is 17.3 Å². The maximum absolute atomic E-state index is 12.6. The van der Waals surface area contributed by atoms with E-state index in [1.54, 1.807) is 0 Å². The Morgan fingerprint density at radius 3 is 2.29 bits per heavy atom. The van der Waals surface area contributed by atoms with Gasteiger partial charge in [0.15, 0.2) is 0 Å². The largest absolute Gasteiger partial charge is 0.378 e. The normalized spacial score (nSPS) is 15.6. The highest BCUT2D eigenvalue weighted by molar-refractivity contribution is 5.78. The van der Waals surface area contributed by atoms with E-state index in [2.05, 4.69) is 44.1 Å². The summed E-state index contributed by atoms with van der Waals surface area (Å²) < 4.78 is 5.13. The first-order valence-corrected chi connectivity index (χ1v) is 9.78. The summed E-state index contributed by atoms with van der Waals surface area (Å²) in [6.07, 6.45) is 0. The van der Waals surface area contributed by atoms with Crippen LogP contribution in [-0.4, -0.2) is 79.6 Å². The molecule has 0 radical (unpaired) electrons. The summed E-state index contributed by atoms with van der Waals surface area (Å²) >= 11 is 0. The Kier molecular flexibility index (Phi) is 6.70. The highest BCUT2D eigenvalue weighted by Gasteiger charge is 2.21. The summed E-state index contributed by atoms with van der Waals surface area (Å²) in [6.45, 7) is 7.50. The molecule has 0 saturated carbocycles. The Bertz CT molecular complexity index is 763. The first kappa shape index (κ1) is 20.4. The summed E-state index contributed by atoms with van der Waals surface area (Å²) in [7, 11) is 5.93. The van der Waals surface area contributed by atoms with Gasteiger partial charge in [-0.2, -0.15) is 0 Å². The van der Waals surface area contributed by atoms with Crippen molar-refractivity contribution in [2.75, 3.05) is 58.8 Å². The number of aryl methyl sites for hydroxylation is 1. The monoisotopic (exact) mass is 385 g/mol.